The summed E-state index contributed by atoms with van der Waals surface area (Å²) in [5.41, 5.74) is 0. The first-order valence-corrected chi connectivity index (χ1v) is 7.14. The van der Waals surface area contributed by atoms with E-state index in [1.165, 1.54) is 45.1 Å². The van der Waals surface area contributed by atoms with E-state index in [2.05, 4.69) is 19.2 Å². The molecule has 0 amide bonds. The molecule has 0 spiro atoms. The fourth-order valence-corrected chi connectivity index (χ4v) is 2.77. The standard InChI is InChI=1S/C14H27NO/c1-3-4-14-9-13(7-8-16-14)15-10-11(2)12-5-6-12/h11-15H,3-10H2,1-2H3. The lowest BCUT2D eigenvalue weighted by Crippen LogP contribution is -2.40. The van der Waals surface area contributed by atoms with Crippen LogP contribution in [0.4, 0.5) is 0 Å². The van der Waals surface area contributed by atoms with E-state index in [0.29, 0.717) is 12.1 Å². The second-order valence-electron chi connectivity index (χ2n) is 5.73. The Hall–Kier alpha value is -0.0800. The van der Waals surface area contributed by atoms with Crippen molar-refractivity contribution in [1.82, 2.24) is 5.32 Å². The zero-order valence-electron chi connectivity index (χ0n) is 10.9. The van der Waals surface area contributed by atoms with Gasteiger partial charge in [0.05, 0.1) is 6.10 Å². The lowest BCUT2D eigenvalue weighted by molar-refractivity contribution is -0.00370. The van der Waals surface area contributed by atoms with E-state index in [-0.39, 0.29) is 0 Å². The van der Waals surface area contributed by atoms with E-state index < -0.39 is 0 Å². The van der Waals surface area contributed by atoms with E-state index in [1.54, 1.807) is 0 Å². The van der Waals surface area contributed by atoms with Crippen molar-refractivity contribution in [2.24, 2.45) is 11.8 Å². The van der Waals surface area contributed by atoms with Gasteiger partial charge in [-0.15, -0.1) is 0 Å². The predicted octanol–water partition coefficient (Wildman–Crippen LogP) is 2.97. The van der Waals surface area contributed by atoms with Gasteiger partial charge in [-0.3, -0.25) is 0 Å². The maximum absolute atomic E-state index is 5.78. The first kappa shape index (κ1) is 12.4. The molecule has 2 heteroatoms. The van der Waals surface area contributed by atoms with Gasteiger partial charge < -0.3 is 10.1 Å². The average molecular weight is 225 g/mol. The summed E-state index contributed by atoms with van der Waals surface area (Å²) in [6.45, 7) is 6.82. The molecule has 1 aliphatic carbocycles. The van der Waals surface area contributed by atoms with Crippen molar-refractivity contribution in [3.8, 4) is 0 Å². The predicted molar refractivity (Wildman–Crippen MR) is 67.6 cm³/mol. The van der Waals surface area contributed by atoms with Crippen LogP contribution in [0.3, 0.4) is 0 Å². The molecule has 2 rings (SSSR count). The third kappa shape index (κ3) is 3.74. The second kappa shape index (κ2) is 6.02. The third-order valence-corrected chi connectivity index (χ3v) is 4.13. The van der Waals surface area contributed by atoms with Gasteiger partial charge in [-0.2, -0.15) is 0 Å². The number of rotatable bonds is 6. The lowest BCUT2D eigenvalue weighted by Gasteiger charge is -2.31. The van der Waals surface area contributed by atoms with Crippen molar-refractivity contribution in [2.75, 3.05) is 13.2 Å². The van der Waals surface area contributed by atoms with Crippen molar-refractivity contribution in [2.45, 2.75) is 64.5 Å². The molecule has 1 N–H and O–H groups in total. The van der Waals surface area contributed by atoms with Crippen LogP contribution in [0.15, 0.2) is 0 Å². The Labute approximate surface area is 100 Å². The molecule has 0 aromatic rings. The quantitative estimate of drug-likeness (QED) is 0.750. The average Bonchev–Trinajstić information content (AvgIpc) is 3.11. The molecule has 0 radical (unpaired) electrons. The SMILES string of the molecule is CCCC1CC(NCC(C)C2CC2)CCO1. The maximum Gasteiger partial charge on any atom is 0.0589 e. The van der Waals surface area contributed by atoms with Gasteiger partial charge in [0.1, 0.15) is 0 Å². The molecule has 1 saturated heterocycles. The van der Waals surface area contributed by atoms with Gasteiger partial charge in [0.15, 0.2) is 0 Å². The molecule has 1 heterocycles. The van der Waals surface area contributed by atoms with E-state index in [9.17, 15) is 0 Å². The number of hydrogen-bond acceptors (Lipinski definition) is 2. The van der Waals surface area contributed by atoms with Gasteiger partial charge in [-0.05, 0) is 50.5 Å². The van der Waals surface area contributed by atoms with Crippen molar-refractivity contribution >= 4 is 0 Å². The highest BCUT2D eigenvalue weighted by Gasteiger charge is 2.28. The summed E-state index contributed by atoms with van der Waals surface area (Å²) >= 11 is 0. The highest BCUT2D eigenvalue weighted by Crippen LogP contribution is 2.36. The molecule has 0 aromatic carbocycles. The van der Waals surface area contributed by atoms with Crippen LogP contribution in [-0.4, -0.2) is 25.3 Å². The van der Waals surface area contributed by atoms with Crippen LogP contribution in [0.25, 0.3) is 0 Å². The minimum atomic E-state index is 0.521. The summed E-state index contributed by atoms with van der Waals surface area (Å²) in [6, 6.07) is 0.714. The van der Waals surface area contributed by atoms with Gasteiger partial charge in [0.2, 0.25) is 0 Å². The lowest BCUT2D eigenvalue weighted by atomic mass is 9.99. The summed E-state index contributed by atoms with van der Waals surface area (Å²) in [5, 5.41) is 3.75. The largest absolute Gasteiger partial charge is 0.378 e. The van der Waals surface area contributed by atoms with Crippen molar-refractivity contribution in [3.05, 3.63) is 0 Å². The van der Waals surface area contributed by atoms with E-state index in [4.69, 9.17) is 4.74 Å². The Kier molecular flexibility index (Phi) is 4.66. The molecular weight excluding hydrogens is 198 g/mol. The molecule has 3 atom stereocenters. The Bertz CT molecular complexity index is 201. The molecule has 1 saturated carbocycles. The first-order chi connectivity index (χ1) is 7.79. The van der Waals surface area contributed by atoms with Crippen LogP contribution in [0.5, 0.6) is 0 Å². The Morgan fingerprint density at radius 1 is 1.31 bits per heavy atom. The van der Waals surface area contributed by atoms with E-state index in [0.717, 1.165) is 18.4 Å². The Balaban J connectivity index is 1.64. The molecule has 94 valence electrons. The second-order valence-corrected chi connectivity index (χ2v) is 5.73. The van der Waals surface area contributed by atoms with Crippen molar-refractivity contribution in [1.29, 1.82) is 0 Å². The van der Waals surface area contributed by atoms with Crippen LogP contribution >= 0.6 is 0 Å². The summed E-state index contributed by atoms with van der Waals surface area (Å²) in [6.07, 6.45) is 8.37. The zero-order valence-corrected chi connectivity index (χ0v) is 10.9. The smallest absolute Gasteiger partial charge is 0.0589 e. The fraction of sp³-hybridized carbons (Fsp3) is 1.00. The maximum atomic E-state index is 5.78. The molecule has 2 fully saturated rings. The third-order valence-electron chi connectivity index (χ3n) is 4.13. The van der Waals surface area contributed by atoms with Gasteiger partial charge >= 0.3 is 0 Å². The Morgan fingerprint density at radius 3 is 2.81 bits per heavy atom. The van der Waals surface area contributed by atoms with Gasteiger partial charge in [0, 0.05) is 12.6 Å². The minimum Gasteiger partial charge on any atom is -0.378 e. The monoisotopic (exact) mass is 225 g/mol. The van der Waals surface area contributed by atoms with E-state index in [1.807, 2.05) is 0 Å². The van der Waals surface area contributed by atoms with Crippen LogP contribution in [0.2, 0.25) is 0 Å². The highest BCUT2D eigenvalue weighted by molar-refractivity contribution is 4.82. The molecule has 2 aliphatic rings. The minimum absolute atomic E-state index is 0.521. The normalized spacial score (nSPS) is 32.6. The van der Waals surface area contributed by atoms with Crippen LogP contribution in [0.1, 0.15) is 52.4 Å². The van der Waals surface area contributed by atoms with Gasteiger partial charge in [-0.1, -0.05) is 20.3 Å². The number of hydrogen-bond donors (Lipinski definition) is 1. The van der Waals surface area contributed by atoms with Crippen LogP contribution in [0, 0.1) is 11.8 Å². The van der Waals surface area contributed by atoms with Crippen molar-refractivity contribution in [3.63, 3.8) is 0 Å². The summed E-state index contributed by atoms with van der Waals surface area (Å²) in [7, 11) is 0. The number of ether oxygens (including phenoxy) is 1. The Morgan fingerprint density at radius 2 is 2.12 bits per heavy atom. The fourth-order valence-electron chi connectivity index (χ4n) is 2.77. The topological polar surface area (TPSA) is 21.3 Å². The summed E-state index contributed by atoms with van der Waals surface area (Å²) in [4.78, 5) is 0. The van der Waals surface area contributed by atoms with Crippen LogP contribution < -0.4 is 5.32 Å². The molecule has 0 aromatic heterocycles. The van der Waals surface area contributed by atoms with Gasteiger partial charge in [-0.25, -0.2) is 0 Å². The molecule has 3 unspecified atom stereocenters. The first-order valence-electron chi connectivity index (χ1n) is 7.14. The number of nitrogens with one attached hydrogen (secondary N) is 1. The molecule has 16 heavy (non-hydrogen) atoms. The molecule has 2 nitrogen and oxygen atoms in total. The van der Waals surface area contributed by atoms with Crippen molar-refractivity contribution < 1.29 is 4.74 Å². The molecule has 0 bridgehead atoms. The van der Waals surface area contributed by atoms with Gasteiger partial charge in [0.25, 0.3) is 0 Å². The zero-order chi connectivity index (χ0) is 11.4. The molecule has 1 aliphatic heterocycles. The van der Waals surface area contributed by atoms with E-state index >= 15 is 0 Å². The summed E-state index contributed by atoms with van der Waals surface area (Å²) in [5.74, 6) is 1.91. The molecular formula is C14H27NO. The summed E-state index contributed by atoms with van der Waals surface area (Å²) < 4.78 is 5.78. The van der Waals surface area contributed by atoms with Crippen LogP contribution in [-0.2, 0) is 4.74 Å². The highest BCUT2D eigenvalue weighted by atomic mass is 16.5.